The minimum Gasteiger partial charge on any atom is -0.329 e. The standard InChI is InChI=1S/C14H31N3/c1-6-13(2,3)12-7-9-14(11-15,10-8-12)16-17(4)5/h12,16H,6-11,15H2,1-5H3. The summed E-state index contributed by atoms with van der Waals surface area (Å²) in [6.45, 7) is 7.87. The van der Waals surface area contributed by atoms with E-state index in [4.69, 9.17) is 5.73 Å². The highest BCUT2D eigenvalue weighted by molar-refractivity contribution is 4.95. The second-order valence-electron chi connectivity index (χ2n) is 6.61. The van der Waals surface area contributed by atoms with E-state index in [1.165, 1.54) is 32.1 Å². The van der Waals surface area contributed by atoms with Crippen LogP contribution in [-0.4, -0.2) is 31.2 Å². The van der Waals surface area contributed by atoms with Crippen molar-refractivity contribution >= 4 is 0 Å². The van der Waals surface area contributed by atoms with E-state index < -0.39 is 0 Å². The second kappa shape index (κ2) is 5.68. The largest absolute Gasteiger partial charge is 0.329 e. The highest BCUT2D eigenvalue weighted by Crippen LogP contribution is 2.43. The Balaban J connectivity index is 2.59. The third kappa shape index (κ3) is 3.67. The lowest BCUT2D eigenvalue weighted by Crippen LogP contribution is -2.58. The molecule has 0 heterocycles. The number of rotatable bonds is 5. The first-order valence-corrected chi connectivity index (χ1v) is 7.00. The minimum atomic E-state index is 0.143. The molecule has 1 aliphatic rings. The molecule has 0 aromatic rings. The summed E-state index contributed by atoms with van der Waals surface area (Å²) in [4.78, 5) is 0. The molecule has 0 spiro atoms. The minimum absolute atomic E-state index is 0.143. The molecule has 3 N–H and O–H groups in total. The fourth-order valence-electron chi connectivity index (χ4n) is 3.08. The van der Waals surface area contributed by atoms with E-state index in [1.54, 1.807) is 0 Å². The second-order valence-corrected chi connectivity index (χ2v) is 6.61. The summed E-state index contributed by atoms with van der Waals surface area (Å²) in [5.41, 5.74) is 10.2. The van der Waals surface area contributed by atoms with Crippen LogP contribution < -0.4 is 11.2 Å². The molecule has 0 radical (unpaired) electrons. The molecule has 0 unspecified atom stereocenters. The van der Waals surface area contributed by atoms with Crippen molar-refractivity contribution < 1.29 is 0 Å². The van der Waals surface area contributed by atoms with Crippen molar-refractivity contribution in [1.29, 1.82) is 0 Å². The van der Waals surface area contributed by atoms with E-state index in [2.05, 4.69) is 45.3 Å². The lowest BCUT2D eigenvalue weighted by atomic mass is 9.65. The maximum Gasteiger partial charge on any atom is 0.0448 e. The molecule has 0 atom stereocenters. The Hall–Kier alpha value is -0.120. The first-order chi connectivity index (χ1) is 7.85. The highest BCUT2D eigenvalue weighted by atomic mass is 15.5. The molecule has 102 valence electrons. The number of hydrogen-bond donors (Lipinski definition) is 2. The van der Waals surface area contributed by atoms with Gasteiger partial charge < -0.3 is 5.73 Å². The molecule has 0 saturated heterocycles. The summed E-state index contributed by atoms with van der Waals surface area (Å²) in [6, 6.07) is 0. The fourth-order valence-corrected chi connectivity index (χ4v) is 3.08. The van der Waals surface area contributed by atoms with Gasteiger partial charge in [0.2, 0.25) is 0 Å². The van der Waals surface area contributed by atoms with Gasteiger partial charge in [0, 0.05) is 26.2 Å². The normalized spacial score (nSPS) is 30.9. The average Bonchev–Trinajstić information content (AvgIpc) is 2.29. The third-order valence-electron chi connectivity index (χ3n) is 4.81. The SMILES string of the molecule is CCC(C)(C)C1CCC(CN)(NN(C)C)CC1. The van der Waals surface area contributed by atoms with Crippen molar-refractivity contribution in [2.24, 2.45) is 17.1 Å². The van der Waals surface area contributed by atoms with Crippen LogP contribution in [0.25, 0.3) is 0 Å². The van der Waals surface area contributed by atoms with Gasteiger partial charge in [0.15, 0.2) is 0 Å². The third-order valence-corrected chi connectivity index (χ3v) is 4.81. The van der Waals surface area contributed by atoms with Crippen LogP contribution >= 0.6 is 0 Å². The number of nitrogens with zero attached hydrogens (tertiary/aromatic N) is 1. The summed E-state index contributed by atoms with van der Waals surface area (Å²) < 4.78 is 0. The molecular weight excluding hydrogens is 210 g/mol. The van der Waals surface area contributed by atoms with Crippen LogP contribution in [0.4, 0.5) is 0 Å². The Morgan fingerprint density at radius 2 is 1.82 bits per heavy atom. The Morgan fingerprint density at radius 3 is 2.18 bits per heavy atom. The predicted octanol–water partition coefficient (Wildman–Crippen LogP) is 2.38. The van der Waals surface area contributed by atoms with E-state index in [1.807, 2.05) is 0 Å². The average molecular weight is 241 g/mol. The van der Waals surface area contributed by atoms with Gasteiger partial charge in [0.1, 0.15) is 0 Å². The van der Waals surface area contributed by atoms with E-state index in [0.29, 0.717) is 5.41 Å². The molecule has 0 bridgehead atoms. The molecule has 3 heteroatoms. The first-order valence-electron chi connectivity index (χ1n) is 7.00. The van der Waals surface area contributed by atoms with Gasteiger partial charge in [-0.1, -0.05) is 27.2 Å². The van der Waals surface area contributed by atoms with E-state index in [9.17, 15) is 0 Å². The van der Waals surface area contributed by atoms with Crippen molar-refractivity contribution in [1.82, 2.24) is 10.4 Å². The van der Waals surface area contributed by atoms with Gasteiger partial charge >= 0.3 is 0 Å². The number of hydrazine groups is 1. The van der Waals surface area contributed by atoms with Crippen LogP contribution in [0.1, 0.15) is 52.9 Å². The van der Waals surface area contributed by atoms with E-state index >= 15 is 0 Å². The molecule has 3 nitrogen and oxygen atoms in total. The van der Waals surface area contributed by atoms with Crippen molar-refractivity contribution in [3.8, 4) is 0 Å². The number of nitrogens with one attached hydrogen (secondary N) is 1. The van der Waals surface area contributed by atoms with Crippen molar-refractivity contribution in [3.05, 3.63) is 0 Å². The van der Waals surface area contributed by atoms with Crippen LogP contribution in [0.15, 0.2) is 0 Å². The smallest absolute Gasteiger partial charge is 0.0448 e. The molecular formula is C14H31N3. The van der Waals surface area contributed by atoms with Crippen LogP contribution in [-0.2, 0) is 0 Å². The van der Waals surface area contributed by atoms with Crippen molar-refractivity contribution in [2.45, 2.75) is 58.4 Å². The van der Waals surface area contributed by atoms with Gasteiger partial charge in [0.05, 0.1) is 0 Å². The fraction of sp³-hybridized carbons (Fsp3) is 1.00. The number of hydrogen-bond acceptors (Lipinski definition) is 3. The van der Waals surface area contributed by atoms with Crippen LogP contribution in [0.5, 0.6) is 0 Å². The topological polar surface area (TPSA) is 41.3 Å². The van der Waals surface area contributed by atoms with E-state index in [-0.39, 0.29) is 5.54 Å². The molecule has 0 aliphatic heterocycles. The molecule has 0 amide bonds. The predicted molar refractivity (Wildman–Crippen MR) is 74.6 cm³/mol. The van der Waals surface area contributed by atoms with Gasteiger partial charge in [-0.05, 0) is 37.0 Å². The molecule has 1 aliphatic carbocycles. The zero-order chi connectivity index (χ0) is 13.1. The summed E-state index contributed by atoms with van der Waals surface area (Å²) in [5.74, 6) is 0.858. The molecule has 1 rings (SSSR count). The van der Waals surface area contributed by atoms with Crippen LogP contribution in [0.2, 0.25) is 0 Å². The maximum atomic E-state index is 5.98. The van der Waals surface area contributed by atoms with Crippen LogP contribution in [0.3, 0.4) is 0 Å². The number of nitrogens with two attached hydrogens (primary N) is 1. The molecule has 0 aromatic carbocycles. The Labute approximate surface area is 107 Å². The summed E-state index contributed by atoms with van der Waals surface area (Å²) in [5, 5.41) is 2.05. The summed E-state index contributed by atoms with van der Waals surface area (Å²) >= 11 is 0. The molecule has 1 saturated carbocycles. The van der Waals surface area contributed by atoms with Crippen LogP contribution in [0, 0.1) is 11.3 Å². The monoisotopic (exact) mass is 241 g/mol. The van der Waals surface area contributed by atoms with Gasteiger partial charge in [0.25, 0.3) is 0 Å². The van der Waals surface area contributed by atoms with Crippen molar-refractivity contribution in [2.75, 3.05) is 20.6 Å². The zero-order valence-corrected chi connectivity index (χ0v) is 12.3. The highest BCUT2D eigenvalue weighted by Gasteiger charge is 2.39. The van der Waals surface area contributed by atoms with Crippen molar-refractivity contribution in [3.63, 3.8) is 0 Å². The van der Waals surface area contributed by atoms with Gasteiger partial charge in [-0.2, -0.15) is 0 Å². The van der Waals surface area contributed by atoms with E-state index in [0.717, 1.165) is 12.5 Å². The first kappa shape index (κ1) is 14.9. The molecule has 1 fully saturated rings. The Bertz CT molecular complexity index is 228. The van der Waals surface area contributed by atoms with Gasteiger partial charge in [-0.15, -0.1) is 0 Å². The summed E-state index contributed by atoms with van der Waals surface area (Å²) in [7, 11) is 4.11. The van der Waals surface area contributed by atoms with Gasteiger partial charge in [-0.3, -0.25) is 5.01 Å². The maximum absolute atomic E-state index is 5.98. The zero-order valence-electron chi connectivity index (χ0n) is 12.3. The molecule has 0 aromatic heterocycles. The lowest BCUT2D eigenvalue weighted by Gasteiger charge is -2.46. The summed E-state index contributed by atoms with van der Waals surface area (Å²) in [6.07, 6.45) is 6.29. The quantitative estimate of drug-likeness (QED) is 0.726. The Kier molecular flexibility index (Phi) is 4.99. The molecule has 17 heavy (non-hydrogen) atoms. The van der Waals surface area contributed by atoms with Gasteiger partial charge in [-0.25, -0.2) is 5.43 Å². The Morgan fingerprint density at radius 1 is 1.29 bits per heavy atom. The lowest BCUT2D eigenvalue weighted by molar-refractivity contribution is 0.0628.